The number of carboxylic acid groups (broad SMARTS) is 1. The van der Waals surface area contributed by atoms with E-state index in [1.165, 1.54) is 38.5 Å². The first-order valence-corrected chi connectivity index (χ1v) is 9.90. The van der Waals surface area contributed by atoms with Gasteiger partial charge < -0.3 is 5.11 Å². The molecule has 2 heteroatoms. The Morgan fingerprint density at radius 1 is 0.792 bits per heavy atom. The van der Waals surface area contributed by atoms with Crippen LogP contribution in [0, 0.1) is 5.92 Å². The highest BCUT2D eigenvalue weighted by atomic mass is 16.4. The van der Waals surface area contributed by atoms with E-state index in [-0.39, 0.29) is 5.92 Å². The van der Waals surface area contributed by atoms with E-state index in [2.05, 4.69) is 43.4 Å². The molecule has 0 aromatic carbocycles. The number of carboxylic acids is 1. The Bertz CT molecular complexity index is 366. The van der Waals surface area contributed by atoms with Crippen LogP contribution in [0.2, 0.25) is 0 Å². The Morgan fingerprint density at radius 3 is 1.92 bits per heavy atom. The van der Waals surface area contributed by atoms with Crippen molar-refractivity contribution in [3.05, 3.63) is 36.5 Å². The van der Waals surface area contributed by atoms with Gasteiger partial charge in [0.25, 0.3) is 0 Å². The summed E-state index contributed by atoms with van der Waals surface area (Å²) in [5.74, 6) is -0.761. The fraction of sp³-hybridized carbons (Fsp3) is 0.682. The standard InChI is InChI=1S/C22H38O2/c1-3-5-6-7-8-9-10-11-12-13-14-15-16-17-18-19-20-21(4-2)22(23)24/h5-6,8-9,11-12,21H,3-4,7,10,13-20H2,1-2H3,(H,23,24)/b6-5+,9-8+,12-11+. The molecule has 1 atom stereocenters. The predicted molar refractivity (Wildman–Crippen MR) is 105 cm³/mol. The lowest BCUT2D eigenvalue weighted by atomic mass is 9.98. The molecule has 138 valence electrons. The number of carbonyl (C=O) groups is 1. The lowest BCUT2D eigenvalue weighted by Gasteiger charge is -2.08. The number of unbranched alkanes of at least 4 members (excludes halogenated alkanes) is 6. The largest absolute Gasteiger partial charge is 0.481 e. The molecule has 0 amide bonds. The molecule has 0 rings (SSSR count). The molecule has 0 aromatic heterocycles. The summed E-state index contributed by atoms with van der Waals surface area (Å²) in [6, 6.07) is 0. The minimum absolute atomic E-state index is 0.133. The van der Waals surface area contributed by atoms with Gasteiger partial charge in [-0.05, 0) is 44.9 Å². The van der Waals surface area contributed by atoms with Gasteiger partial charge in [-0.15, -0.1) is 0 Å². The second-order valence-corrected chi connectivity index (χ2v) is 6.44. The maximum atomic E-state index is 10.9. The summed E-state index contributed by atoms with van der Waals surface area (Å²) in [6.45, 7) is 4.12. The minimum atomic E-state index is -0.628. The van der Waals surface area contributed by atoms with E-state index < -0.39 is 5.97 Å². The summed E-state index contributed by atoms with van der Waals surface area (Å²) < 4.78 is 0. The first-order chi connectivity index (χ1) is 11.7. The van der Waals surface area contributed by atoms with Crippen molar-refractivity contribution in [2.45, 2.75) is 90.9 Å². The molecule has 0 fully saturated rings. The average Bonchev–Trinajstić information content (AvgIpc) is 2.57. The summed E-state index contributed by atoms with van der Waals surface area (Å²) >= 11 is 0. The lowest BCUT2D eigenvalue weighted by molar-refractivity contribution is -0.142. The molecule has 0 aliphatic carbocycles. The first kappa shape index (κ1) is 22.7. The van der Waals surface area contributed by atoms with E-state index in [9.17, 15) is 4.79 Å². The quantitative estimate of drug-likeness (QED) is 0.242. The summed E-state index contributed by atoms with van der Waals surface area (Å²) in [5, 5.41) is 8.99. The molecular weight excluding hydrogens is 296 g/mol. The number of rotatable bonds is 16. The van der Waals surface area contributed by atoms with E-state index in [0.717, 1.165) is 38.5 Å². The van der Waals surface area contributed by atoms with Gasteiger partial charge in [0.05, 0.1) is 5.92 Å². The van der Waals surface area contributed by atoms with Crippen molar-refractivity contribution < 1.29 is 9.90 Å². The third-order valence-electron chi connectivity index (χ3n) is 4.30. The van der Waals surface area contributed by atoms with Gasteiger partial charge in [0, 0.05) is 0 Å². The maximum Gasteiger partial charge on any atom is 0.306 e. The van der Waals surface area contributed by atoms with Crippen LogP contribution in [0.15, 0.2) is 36.5 Å². The molecule has 2 nitrogen and oxygen atoms in total. The van der Waals surface area contributed by atoms with Gasteiger partial charge in [-0.3, -0.25) is 4.79 Å². The molecule has 0 aromatic rings. The minimum Gasteiger partial charge on any atom is -0.481 e. The molecule has 0 aliphatic heterocycles. The Morgan fingerprint density at radius 2 is 1.33 bits per heavy atom. The zero-order chi connectivity index (χ0) is 17.9. The Kier molecular flexibility index (Phi) is 17.1. The van der Waals surface area contributed by atoms with Gasteiger partial charge >= 0.3 is 5.97 Å². The van der Waals surface area contributed by atoms with Crippen molar-refractivity contribution in [1.82, 2.24) is 0 Å². The second kappa shape index (κ2) is 18.0. The topological polar surface area (TPSA) is 37.3 Å². The molecule has 0 bridgehead atoms. The van der Waals surface area contributed by atoms with Gasteiger partial charge in [0.2, 0.25) is 0 Å². The summed E-state index contributed by atoms with van der Waals surface area (Å²) in [4.78, 5) is 10.9. The molecule has 0 radical (unpaired) electrons. The average molecular weight is 335 g/mol. The van der Waals surface area contributed by atoms with E-state index in [4.69, 9.17) is 5.11 Å². The zero-order valence-electron chi connectivity index (χ0n) is 15.9. The van der Waals surface area contributed by atoms with Crippen LogP contribution in [0.3, 0.4) is 0 Å². The van der Waals surface area contributed by atoms with Gasteiger partial charge in [-0.25, -0.2) is 0 Å². The van der Waals surface area contributed by atoms with Gasteiger partial charge in [0.1, 0.15) is 0 Å². The fourth-order valence-electron chi connectivity index (χ4n) is 2.69. The third-order valence-corrected chi connectivity index (χ3v) is 4.30. The van der Waals surface area contributed by atoms with E-state index in [1.54, 1.807) is 0 Å². The Balaban J connectivity index is 3.34. The number of allylic oxidation sites excluding steroid dienone is 6. The molecule has 0 saturated heterocycles. The van der Waals surface area contributed by atoms with Crippen LogP contribution in [0.25, 0.3) is 0 Å². The van der Waals surface area contributed by atoms with Gasteiger partial charge in [0.15, 0.2) is 0 Å². The monoisotopic (exact) mass is 334 g/mol. The van der Waals surface area contributed by atoms with Crippen molar-refractivity contribution in [2.24, 2.45) is 5.92 Å². The lowest BCUT2D eigenvalue weighted by Crippen LogP contribution is -2.12. The van der Waals surface area contributed by atoms with Crippen molar-refractivity contribution in [3.8, 4) is 0 Å². The summed E-state index contributed by atoms with van der Waals surface area (Å²) in [7, 11) is 0. The van der Waals surface area contributed by atoms with Crippen molar-refractivity contribution >= 4 is 5.97 Å². The SMILES string of the molecule is CC/C=C/C/C=C/C/C=C/CCCCCCCCC(CC)C(=O)O. The third kappa shape index (κ3) is 15.6. The van der Waals surface area contributed by atoms with E-state index in [1.807, 2.05) is 6.92 Å². The molecule has 0 aliphatic rings. The number of aliphatic carboxylic acids is 1. The predicted octanol–water partition coefficient (Wildman–Crippen LogP) is 7.08. The van der Waals surface area contributed by atoms with Gasteiger partial charge in [-0.1, -0.05) is 82.4 Å². The smallest absolute Gasteiger partial charge is 0.306 e. The highest BCUT2D eigenvalue weighted by Gasteiger charge is 2.13. The second-order valence-electron chi connectivity index (χ2n) is 6.44. The van der Waals surface area contributed by atoms with Crippen LogP contribution in [0.5, 0.6) is 0 Å². The zero-order valence-corrected chi connectivity index (χ0v) is 15.9. The van der Waals surface area contributed by atoms with E-state index >= 15 is 0 Å². The molecule has 0 spiro atoms. The molecular formula is C22H38O2. The van der Waals surface area contributed by atoms with Gasteiger partial charge in [-0.2, -0.15) is 0 Å². The van der Waals surface area contributed by atoms with Crippen LogP contribution in [-0.2, 0) is 4.79 Å². The first-order valence-electron chi connectivity index (χ1n) is 9.90. The van der Waals surface area contributed by atoms with Crippen molar-refractivity contribution in [3.63, 3.8) is 0 Å². The Hall–Kier alpha value is -1.31. The fourth-order valence-corrected chi connectivity index (χ4v) is 2.69. The highest BCUT2D eigenvalue weighted by molar-refractivity contribution is 5.69. The number of hydrogen-bond acceptors (Lipinski definition) is 1. The normalized spacial score (nSPS) is 13.4. The van der Waals surface area contributed by atoms with Crippen LogP contribution >= 0.6 is 0 Å². The highest BCUT2D eigenvalue weighted by Crippen LogP contribution is 2.15. The van der Waals surface area contributed by atoms with Crippen LogP contribution in [-0.4, -0.2) is 11.1 Å². The Labute approximate surface area is 149 Å². The van der Waals surface area contributed by atoms with Crippen molar-refractivity contribution in [2.75, 3.05) is 0 Å². The molecule has 1 N–H and O–H groups in total. The van der Waals surface area contributed by atoms with E-state index in [0.29, 0.717) is 0 Å². The van der Waals surface area contributed by atoms with Crippen LogP contribution in [0.1, 0.15) is 90.9 Å². The summed E-state index contributed by atoms with van der Waals surface area (Å²) in [5.41, 5.74) is 0. The maximum absolute atomic E-state index is 10.9. The molecule has 24 heavy (non-hydrogen) atoms. The summed E-state index contributed by atoms with van der Waals surface area (Å²) in [6.07, 6.45) is 26.7. The van der Waals surface area contributed by atoms with Crippen LogP contribution in [0.4, 0.5) is 0 Å². The molecule has 0 saturated carbocycles. The molecule has 0 heterocycles. The number of hydrogen-bond donors (Lipinski definition) is 1. The van der Waals surface area contributed by atoms with Crippen LogP contribution < -0.4 is 0 Å². The molecule has 1 unspecified atom stereocenters. The van der Waals surface area contributed by atoms with Crippen molar-refractivity contribution in [1.29, 1.82) is 0 Å².